The summed E-state index contributed by atoms with van der Waals surface area (Å²) in [5.74, 6) is 4.94. The van der Waals surface area contributed by atoms with Crippen molar-refractivity contribution in [1.82, 2.24) is 9.80 Å². The predicted octanol–water partition coefficient (Wildman–Crippen LogP) is 6.14. The van der Waals surface area contributed by atoms with Gasteiger partial charge in [0.15, 0.2) is 0 Å². The molecule has 0 aromatic carbocycles. The summed E-state index contributed by atoms with van der Waals surface area (Å²) >= 11 is 0. The summed E-state index contributed by atoms with van der Waals surface area (Å²) < 4.78 is 0. The summed E-state index contributed by atoms with van der Waals surface area (Å²) in [6, 6.07) is 0. The minimum atomic E-state index is -0.0622. The van der Waals surface area contributed by atoms with Crippen molar-refractivity contribution in [3.8, 4) is 0 Å². The molecule has 0 spiro atoms. The Labute approximate surface area is 239 Å². The van der Waals surface area contributed by atoms with Crippen molar-refractivity contribution in [2.45, 2.75) is 111 Å². The second-order valence-corrected chi connectivity index (χ2v) is 14.5. The molecule has 5 nitrogen and oxygen atoms in total. The molecule has 0 radical (unpaired) electrons. The van der Waals surface area contributed by atoms with Crippen molar-refractivity contribution >= 4 is 5.91 Å². The van der Waals surface area contributed by atoms with Crippen molar-refractivity contribution in [2.24, 2.45) is 46.3 Å². The van der Waals surface area contributed by atoms with Crippen LogP contribution in [0.1, 0.15) is 105 Å². The fourth-order valence-corrected chi connectivity index (χ4v) is 10.4. The molecule has 1 amide bonds. The molecule has 4 fully saturated rings. The van der Waals surface area contributed by atoms with Crippen molar-refractivity contribution in [3.63, 3.8) is 0 Å². The summed E-state index contributed by atoms with van der Waals surface area (Å²) in [4.78, 5) is 17.6. The van der Waals surface area contributed by atoms with Crippen LogP contribution in [-0.2, 0) is 4.79 Å². The van der Waals surface area contributed by atoms with Gasteiger partial charge in [0.2, 0.25) is 5.91 Å². The van der Waals surface area contributed by atoms with Crippen LogP contribution in [0.3, 0.4) is 0 Å². The van der Waals surface area contributed by atoms with Crippen molar-refractivity contribution in [3.05, 3.63) is 12.7 Å². The van der Waals surface area contributed by atoms with Gasteiger partial charge in [0, 0.05) is 39.1 Å². The Morgan fingerprint density at radius 1 is 1.00 bits per heavy atom. The van der Waals surface area contributed by atoms with Crippen LogP contribution in [0.25, 0.3) is 0 Å². The average molecular weight is 545 g/mol. The number of aliphatic hydroxyl groups excluding tert-OH is 2. The molecule has 4 saturated carbocycles. The smallest absolute Gasteiger partial charge is 0.222 e. The summed E-state index contributed by atoms with van der Waals surface area (Å²) in [5, 5.41) is 19.7. The van der Waals surface area contributed by atoms with Crippen LogP contribution < -0.4 is 0 Å². The van der Waals surface area contributed by atoms with Crippen LogP contribution in [-0.4, -0.2) is 71.4 Å². The maximum atomic E-state index is 13.3. The SMILES string of the molecule is C=CCN(CCO)CCN(CCC)C(=O)CC[C@@H](C)[C@H]1CCC2C3CCC4C[C@H](O)CC[C@]4(C)C3CC[C@@]21C. The Bertz CT molecular complexity index is 818. The summed E-state index contributed by atoms with van der Waals surface area (Å²) in [7, 11) is 0. The monoisotopic (exact) mass is 544 g/mol. The highest BCUT2D eigenvalue weighted by Crippen LogP contribution is 2.68. The topological polar surface area (TPSA) is 64.0 Å². The molecular weight excluding hydrogens is 484 g/mol. The molecule has 224 valence electrons. The average Bonchev–Trinajstić information content (AvgIpc) is 3.27. The second-order valence-electron chi connectivity index (χ2n) is 14.5. The quantitative estimate of drug-likeness (QED) is 0.273. The van der Waals surface area contributed by atoms with Crippen LogP contribution in [0.5, 0.6) is 0 Å². The predicted molar refractivity (Wildman–Crippen MR) is 160 cm³/mol. The molecule has 0 bridgehead atoms. The van der Waals surface area contributed by atoms with Crippen LogP contribution in [0.2, 0.25) is 0 Å². The van der Waals surface area contributed by atoms with E-state index < -0.39 is 0 Å². The first-order chi connectivity index (χ1) is 18.7. The number of hydrogen-bond acceptors (Lipinski definition) is 4. The number of rotatable bonds is 13. The van der Waals surface area contributed by atoms with Gasteiger partial charge in [0.05, 0.1) is 12.7 Å². The minimum Gasteiger partial charge on any atom is -0.395 e. The van der Waals surface area contributed by atoms with E-state index >= 15 is 0 Å². The van der Waals surface area contributed by atoms with Gasteiger partial charge in [0.1, 0.15) is 0 Å². The number of fused-ring (bicyclic) bond motifs is 5. The van der Waals surface area contributed by atoms with E-state index in [1.807, 2.05) is 6.08 Å². The molecule has 5 heteroatoms. The lowest BCUT2D eigenvalue weighted by Crippen LogP contribution is -2.54. The van der Waals surface area contributed by atoms with Crippen LogP contribution in [0, 0.1) is 46.3 Å². The zero-order valence-corrected chi connectivity index (χ0v) is 25.8. The normalized spacial score (nSPS) is 38.5. The molecule has 0 aliphatic heterocycles. The molecule has 39 heavy (non-hydrogen) atoms. The van der Waals surface area contributed by atoms with Gasteiger partial charge in [-0.1, -0.05) is 33.8 Å². The van der Waals surface area contributed by atoms with Gasteiger partial charge in [-0.3, -0.25) is 9.69 Å². The first-order valence-electron chi connectivity index (χ1n) is 16.6. The summed E-state index contributed by atoms with van der Waals surface area (Å²) in [6.07, 6.45) is 15.9. The summed E-state index contributed by atoms with van der Waals surface area (Å²) in [6.45, 7) is 17.5. The molecule has 2 N–H and O–H groups in total. The zero-order chi connectivity index (χ0) is 28.2. The van der Waals surface area contributed by atoms with E-state index in [4.69, 9.17) is 0 Å². The highest BCUT2D eigenvalue weighted by molar-refractivity contribution is 5.76. The van der Waals surface area contributed by atoms with E-state index in [-0.39, 0.29) is 12.7 Å². The third kappa shape index (κ3) is 6.46. The molecule has 0 heterocycles. The number of carbonyl (C=O) groups excluding carboxylic acids is 1. The molecule has 0 saturated heterocycles. The molecule has 9 atom stereocenters. The maximum absolute atomic E-state index is 13.3. The molecular formula is C34H60N2O3. The van der Waals surface area contributed by atoms with E-state index in [0.29, 0.717) is 35.6 Å². The molecule has 4 aliphatic carbocycles. The highest BCUT2D eigenvalue weighted by atomic mass is 16.3. The third-order valence-corrected chi connectivity index (χ3v) is 12.5. The van der Waals surface area contributed by atoms with Crippen molar-refractivity contribution in [1.29, 1.82) is 0 Å². The number of hydrogen-bond donors (Lipinski definition) is 2. The number of amides is 1. The Morgan fingerprint density at radius 3 is 2.46 bits per heavy atom. The van der Waals surface area contributed by atoms with E-state index in [9.17, 15) is 15.0 Å². The van der Waals surface area contributed by atoms with Gasteiger partial charge in [-0.2, -0.15) is 0 Å². The Morgan fingerprint density at radius 2 is 1.74 bits per heavy atom. The molecule has 0 aromatic heterocycles. The van der Waals surface area contributed by atoms with Crippen LogP contribution in [0.4, 0.5) is 0 Å². The van der Waals surface area contributed by atoms with Gasteiger partial charge >= 0.3 is 0 Å². The lowest BCUT2D eigenvalue weighted by molar-refractivity contribution is -0.133. The summed E-state index contributed by atoms with van der Waals surface area (Å²) in [5.41, 5.74) is 0.875. The molecule has 4 aliphatic rings. The van der Waals surface area contributed by atoms with Crippen LogP contribution >= 0.6 is 0 Å². The van der Waals surface area contributed by atoms with Crippen LogP contribution in [0.15, 0.2) is 12.7 Å². The maximum Gasteiger partial charge on any atom is 0.222 e. The van der Waals surface area contributed by atoms with Gasteiger partial charge in [-0.05, 0) is 117 Å². The van der Waals surface area contributed by atoms with Crippen molar-refractivity contribution < 1.29 is 15.0 Å². The number of aliphatic hydroxyl groups is 2. The largest absolute Gasteiger partial charge is 0.395 e. The van der Waals surface area contributed by atoms with E-state index in [1.165, 1.54) is 44.9 Å². The fraction of sp³-hybridized carbons (Fsp3) is 0.912. The lowest BCUT2D eigenvalue weighted by Gasteiger charge is -2.61. The first-order valence-corrected chi connectivity index (χ1v) is 16.6. The second kappa shape index (κ2) is 13.4. The van der Waals surface area contributed by atoms with Gasteiger partial charge in [0.25, 0.3) is 0 Å². The Balaban J connectivity index is 1.33. The Kier molecular flexibility index (Phi) is 10.6. The van der Waals surface area contributed by atoms with E-state index in [0.717, 1.165) is 81.5 Å². The minimum absolute atomic E-state index is 0.0622. The number of nitrogens with zero attached hydrogens (tertiary/aromatic N) is 2. The van der Waals surface area contributed by atoms with E-state index in [2.05, 4.69) is 44.1 Å². The van der Waals surface area contributed by atoms with Gasteiger partial charge in [-0.25, -0.2) is 0 Å². The molecule has 0 aromatic rings. The molecule has 4 unspecified atom stereocenters. The fourth-order valence-electron chi connectivity index (χ4n) is 10.4. The highest BCUT2D eigenvalue weighted by Gasteiger charge is 2.60. The zero-order valence-electron chi connectivity index (χ0n) is 25.8. The van der Waals surface area contributed by atoms with Gasteiger partial charge in [-0.15, -0.1) is 6.58 Å². The lowest BCUT2D eigenvalue weighted by atomic mass is 9.44. The van der Waals surface area contributed by atoms with E-state index in [1.54, 1.807) is 0 Å². The van der Waals surface area contributed by atoms with Crippen molar-refractivity contribution in [2.75, 3.05) is 39.3 Å². The molecule has 4 rings (SSSR count). The standard InChI is InChI=1S/C34H60N2O3/c1-6-18-35(22-23-37)20-21-36(19-7-2)32(39)13-8-25(3)29-11-12-30-28-10-9-26-24-27(38)14-16-33(26,4)31(28)15-17-34(29,30)5/h6,25-31,37-38H,1,7-24H2,2-5H3/t25-,26?,27-,28?,29-,30?,31?,33+,34-/m1/s1. The first kappa shape index (κ1) is 31.0. The Hall–Kier alpha value is -0.910. The third-order valence-electron chi connectivity index (χ3n) is 12.5. The van der Waals surface area contributed by atoms with Gasteiger partial charge < -0.3 is 15.1 Å². The number of carbonyl (C=O) groups is 1.